The highest BCUT2D eigenvalue weighted by molar-refractivity contribution is 5.86. The number of cyclic esters (lactones) is 1. The molecule has 7 heteroatoms. The van der Waals surface area contributed by atoms with Crippen molar-refractivity contribution in [1.82, 2.24) is 20.4 Å². The van der Waals surface area contributed by atoms with Gasteiger partial charge in [-0.15, -0.1) is 6.42 Å². The lowest BCUT2D eigenvalue weighted by molar-refractivity contribution is 0.0994. The Balaban J connectivity index is 1.30. The Bertz CT molecular complexity index is 1000. The summed E-state index contributed by atoms with van der Waals surface area (Å²) in [5.41, 5.74) is 1.34. The average molecular weight is 435 g/mol. The van der Waals surface area contributed by atoms with E-state index in [0.717, 1.165) is 25.9 Å². The van der Waals surface area contributed by atoms with Gasteiger partial charge in [0.05, 0.1) is 19.6 Å². The molecule has 4 rings (SSSR count). The lowest BCUT2D eigenvalue weighted by Crippen LogP contribution is -2.46. The van der Waals surface area contributed by atoms with E-state index < -0.39 is 0 Å². The summed E-state index contributed by atoms with van der Waals surface area (Å²) in [6, 6.07) is 15.1. The predicted molar refractivity (Wildman–Crippen MR) is 124 cm³/mol. The van der Waals surface area contributed by atoms with Gasteiger partial charge in [0, 0.05) is 25.2 Å². The molecule has 2 saturated heterocycles. The third-order valence-electron chi connectivity index (χ3n) is 6.50. The van der Waals surface area contributed by atoms with E-state index in [1.54, 1.807) is 0 Å². The molecule has 7 nitrogen and oxygen atoms in total. The summed E-state index contributed by atoms with van der Waals surface area (Å²) in [7, 11) is 0. The third kappa shape index (κ3) is 4.81. The van der Waals surface area contributed by atoms with Crippen LogP contribution in [-0.4, -0.2) is 66.8 Å². The monoisotopic (exact) mass is 434 g/mol. The van der Waals surface area contributed by atoms with E-state index in [1.165, 1.54) is 16.3 Å². The van der Waals surface area contributed by atoms with Crippen molar-refractivity contribution in [2.75, 3.05) is 32.7 Å². The molecule has 0 aliphatic carbocycles. The maximum Gasteiger partial charge on any atom is 0.410 e. The Morgan fingerprint density at radius 2 is 1.94 bits per heavy atom. The number of benzene rings is 2. The number of nitrogens with zero attached hydrogens (tertiary/aromatic N) is 2. The Kier molecular flexibility index (Phi) is 6.81. The normalized spacial score (nSPS) is 20.6. The first kappa shape index (κ1) is 22.0. The second-order valence-corrected chi connectivity index (χ2v) is 8.44. The lowest BCUT2D eigenvalue weighted by Gasteiger charge is -2.39. The standard InChI is InChI=1S/C25H30N4O3/c1-3-13-26-24(30)27-16-21-17-29(25(31)32-21)20-11-14-28(15-12-20)18(2)22-10-6-8-19-7-4-5-9-23(19)22/h1,4-10,18,20-21H,11-17H2,2H3,(H2,26,27,30). The lowest BCUT2D eigenvalue weighted by atomic mass is 9.95. The van der Waals surface area contributed by atoms with Crippen molar-refractivity contribution in [2.24, 2.45) is 0 Å². The van der Waals surface area contributed by atoms with Crippen molar-refractivity contribution in [2.45, 2.75) is 38.0 Å². The van der Waals surface area contributed by atoms with Crippen LogP contribution in [0.2, 0.25) is 0 Å². The van der Waals surface area contributed by atoms with E-state index in [9.17, 15) is 9.59 Å². The number of nitrogens with one attached hydrogen (secondary N) is 2. The van der Waals surface area contributed by atoms with Crippen molar-refractivity contribution in [3.8, 4) is 12.3 Å². The quantitative estimate of drug-likeness (QED) is 0.685. The minimum Gasteiger partial charge on any atom is -0.442 e. The van der Waals surface area contributed by atoms with Crippen LogP contribution in [0.1, 0.15) is 31.4 Å². The van der Waals surface area contributed by atoms with Gasteiger partial charge in [-0.1, -0.05) is 48.4 Å². The van der Waals surface area contributed by atoms with E-state index in [2.05, 4.69) is 70.8 Å². The number of carbonyl (C=O) groups excluding carboxylic acids is 2. The van der Waals surface area contributed by atoms with Gasteiger partial charge in [0.2, 0.25) is 0 Å². The molecule has 0 aromatic heterocycles. The summed E-state index contributed by atoms with van der Waals surface area (Å²) in [6.07, 6.45) is 6.32. The highest BCUT2D eigenvalue weighted by Crippen LogP contribution is 2.31. The SMILES string of the molecule is C#CCNC(=O)NCC1CN(C2CCN(C(C)c3cccc4ccccc34)CC2)C(=O)O1. The molecule has 2 aliphatic rings. The van der Waals surface area contributed by atoms with Gasteiger partial charge in [0.15, 0.2) is 0 Å². The molecule has 0 bridgehead atoms. The zero-order chi connectivity index (χ0) is 22.5. The van der Waals surface area contributed by atoms with Gasteiger partial charge in [-0.3, -0.25) is 4.90 Å². The molecule has 2 unspecified atom stereocenters. The van der Waals surface area contributed by atoms with Crippen LogP contribution in [-0.2, 0) is 4.74 Å². The fourth-order valence-corrected chi connectivity index (χ4v) is 4.74. The van der Waals surface area contributed by atoms with Crippen LogP contribution >= 0.6 is 0 Å². The zero-order valence-corrected chi connectivity index (χ0v) is 18.4. The van der Waals surface area contributed by atoms with E-state index in [1.807, 2.05) is 4.90 Å². The molecule has 2 aliphatic heterocycles. The summed E-state index contributed by atoms with van der Waals surface area (Å²) in [6.45, 7) is 5.05. The molecule has 2 aromatic carbocycles. The van der Waals surface area contributed by atoms with E-state index in [0.29, 0.717) is 12.6 Å². The van der Waals surface area contributed by atoms with Gasteiger partial charge < -0.3 is 20.3 Å². The van der Waals surface area contributed by atoms with Gasteiger partial charge >= 0.3 is 12.1 Å². The number of urea groups is 1. The molecule has 2 heterocycles. The summed E-state index contributed by atoms with van der Waals surface area (Å²) in [4.78, 5) is 28.4. The van der Waals surface area contributed by atoms with Crippen LogP contribution in [0.15, 0.2) is 42.5 Å². The van der Waals surface area contributed by atoms with Crippen molar-refractivity contribution < 1.29 is 14.3 Å². The molecule has 3 amide bonds. The second-order valence-electron chi connectivity index (χ2n) is 8.44. The molecular formula is C25H30N4O3. The van der Waals surface area contributed by atoms with Gasteiger partial charge in [-0.05, 0) is 36.1 Å². The zero-order valence-electron chi connectivity index (χ0n) is 18.4. The number of likely N-dealkylation sites (tertiary alicyclic amines) is 1. The molecule has 0 radical (unpaired) electrons. The van der Waals surface area contributed by atoms with Crippen LogP contribution in [0.3, 0.4) is 0 Å². The van der Waals surface area contributed by atoms with E-state index in [-0.39, 0.29) is 37.4 Å². The molecule has 2 fully saturated rings. The number of terminal acetylenes is 1. The first-order valence-corrected chi connectivity index (χ1v) is 11.2. The number of carbonyl (C=O) groups is 2. The van der Waals surface area contributed by atoms with Crippen LogP contribution in [0.4, 0.5) is 9.59 Å². The number of amides is 3. The van der Waals surface area contributed by atoms with Gasteiger partial charge in [0.1, 0.15) is 6.10 Å². The van der Waals surface area contributed by atoms with Crippen molar-refractivity contribution in [1.29, 1.82) is 0 Å². The third-order valence-corrected chi connectivity index (χ3v) is 6.50. The minimum atomic E-state index is -0.354. The summed E-state index contributed by atoms with van der Waals surface area (Å²) >= 11 is 0. The Hall–Kier alpha value is -3.24. The van der Waals surface area contributed by atoms with Crippen molar-refractivity contribution in [3.05, 3.63) is 48.0 Å². The van der Waals surface area contributed by atoms with Gasteiger partial charge in [-0.2, -0.15) is 0 Å². The van der Waals surface area contributed by atoms with Crippen molar-refractivity contribution >= 4 is 22.9 Å². The first-order chi connectivity index (χ1) is 15.6. The molecule has 0 spiro atoms. The van der Waals surface area contributed by atoms with Crippen LogP contribution in [0, 0.1) is 12.3 Å². The number of rotatable bonds is 6. The topological polar surface area (TPSA) is 73.9 Å². The number of hydrogen-bond acceptors (Lipinski definition) is 4. The largest absolute Gasteiger partial charge is 0.442 e. The van der Waals surface area contributed by atoms with Gasteiger partial charge in [0.25, 0.3) is 0 Å². The van der Waals surface area contributed by atoms with E-state index in [4.69, 9.17) is 11.2 Å². The number of hydrogen-bond donors (Lipinski definition) is 2. The van der Waals surface area contributed by atoms with Crippen LogP contribution < -0.4 is 10.6 Å². The first-order valence-electron chi connectivity index (χ1n) is 11.2. The number of piperidine rings is 1. The Morgan fingerprint density at radius 1 is 1.19 bits per heavy atom. The average Bonchev–Trinajstić information content (AvgIpc) is 3.21. The molecule has 168 valence electrons. The highest BCUT2D eigenvalue weighted by atomic mass is 16.6. The maximum atomic E-state index is 12.4. The molecule has 32 heavy (non-hydrogen) atoms. The molecular weight excluding hydrogens is 404 g/mol. The van der Waals surface area contributed by atoms with Crippen LogP contribution in [0.5, 0.6) is 0 Å². The molecule has 2 aromatic rings. The summed E-state index contributed by atoms with van der Waals surface area (Å²) in [5.74, 6) is 2.34. The van der Waals surface area contributed by atoms with Gasteiger partial charge in [-0.25, -0.2) is 9.59 Å². The number of fused-ring (bicyclic) bond motifs is 1. The highest BCUT2D eigenvalue weighted by Gasteiger charge is 2.38. The second kappa shape index (κ2) is 9.92. The van der Waals surface area contributed by atoms with Crippen molar-refractivity contribution in [3.63, 3.8) is 0 Å². The predicted octanol–water partition coefficient (Wildman–Crippen LogP) is 3.12. The maximum absolute atomic E-state index is 12.4. The molecule has 2 N–H and O–H groups in total. The smallest absolute Gasteiger partial charge is 0.410 e. The van der Waals surface area contributed by atoms with Crippen LogP contribution in [0.25, 0.3) is 10.8 Å². The fourth-order valence-electron chi connectivity index (χ4n) is 4.74. The Labute approximate surface area is 189 Å². The summed E-state index contributed by atoms with van der Waals surface area (Å²) in [5, 5.41) is 7.80. The minimum absolute atomic E-state index is 0.165. The number of ether oxygens (including phenoxy) is 1. The van der Waals surface area contributed by atoms with E-state index >= 15 is 0 Å². The fraction of sp³-hybridized carbons (Fsp3) is 0.440. The molecule has 0 saturated carbocycles. The summed E-state index contributed by atoms with van der Waals surface area (Å²) < 4.78 is 5.46. The molecule has 2 atom stereocenters. The Morgan fingerprint density at radius 3 is 2.72 bits per heavy atom.